The first-order valence-electron chi connectivity index (χ1n) is 24.5. The van der Waals surface area contributed by atoms with Crippen LogP contribution in [0.25, 0.3) is 22.4 Å². The molecule has 0 amide bonds. The quantitative estimate of drug-likeness (QED) is 0.127. The fourth-order valence-electron chi connectivity index (χ4n) is 11.4. The van der Waals surface area contributed by atoms with Crippen LogP contribution in [0.4, 0.5) is 34.1 Å². The minimum absolute atomic E-state index is 0.00849. The molecule has 0 saturated carbocycles. The Bertz CT molecular complexity index is 3270. The van der Waals surface area contributed by atoms with E-state index in [9.17, 15) is 0 Å². The molecule has 0 atom stereocenters. The number of hydrogen-bond acceptors (Lipinski definition) is 3. The fraction of sp³-hybridized carbons (Fsp3) is 0.339. The lowest BCUT2D eigenvalue weighted by atomic mass is 9.32. The maximum absolute atomic E-state index is 2.70. The molecule has 4 aliphatic heterocycles. The van der Waals surface area contributed by atoms with Crippen LogP contribution < -0.4 is 30.8 Å². The van der Waals surface area contributed by atoms with E-state index in [1.165, 1.54) is 122 Å². The zero-order valence-corrected chi connectivity index (χ0v) is 43.6. The average molecular weight is 897 g/mol. The van der Waals surface area contributed by atoms with Crippen molar-refractivity contribution in [3.05, 3.63) is 154 Å². The number of pyridine rings is 1. The maximum Gasteiger partial charge on any atom is 0.252 e. The van der Waals surface area contributed by atoms with Crippen molar-refractivity contribution in [3.63, 3.8) is 0 Å². The highest BCUT2D eigenvalue weighted by molar-refractivity contribution is 7.99. The van der Waals surface area contributed by atoms with E-state index in [2.05, 4.69) is 241 Å². The smallest absolute Gasteiger partial charge is 0.252 e. The van der Waals surface area contributed by atoms with Crippen LogP contribution >= 0.6 is 11.8 Å². The molecule has 0 unspecified atom stereocenters. The molecule has 0 spiro atoms. The van der Waals surface area contributed by atoms with Gasteiger partial charge < -0.3 is 9.80 Å². The predicted octanol–water partition coefficient (Wildman–Crippen LogP) is 14.5. The normalized spacial score (nSPS) is 15.4. The first-order valence-corrected chi connectivity index (χ1v) is 25.3. The van der Waals surface area contributed by atoms with Gasteiger partial charge in [0.2, 0.25) is 5.69 Å². The van der Waals surface area contributed by atoms with Gasteiger partial charge in [-0.1, -0.05) is 163 Å². The van der Waals surface area contributed by atoms with Crippen molar-refractivity contribution in [2.45, 2.75) is 141 Å². The molecule has 5 heteroatoms. The predicted molar refractivity (Wildman–Crippen MR) is 288 cm³/mol. The Hall–Kier alpha value is -5.52. The molecule has 0 aliphatic carbocycles. The lowest BCUT2D eigenvalue weighted by molar-refractivity contribution is -0.659. The lowest BCUT2D eigenvalue weighted by Gasteiger charge is -2.51. The van der Waals surface area contributed by atoms with Gasteiger partial charge in [-0.15, -0.1) is 0 Å². The van der Waals surface area contributed by atoms with Crippen LogP contribution in [0.1, 0.15) is 136 Å². The van der Waals surface area contributed by atoms with Crippen LogP contribution in [-0.2, 0) is 34.1 Å². The molecule has 0 fully saturated rings. The molecule has 1 aromatic heterocycles. The SMILES string of the molecule is Cc1ccccc1-c1ccc(-c2cc3c4c(c2)N2c5ccc(C(C)(C)C)cc5C(C)(C)c5cc(C(C)(C)C)cc(c52)B4c2cc(C(C)(C)C)cc4c2N3c2ccc(C(C)(C)C)cc2S4)c[n+]1C. The molecule has 3 nitrogen and oxygen atoms in total. The molecular weight excluding hydrogens is 830 g/mol. The first kappa shape index (κ1) is 44.0. The van der Waals surface area contributed by atoms with Gasteiger partial charge in [0.05, 0.1) is 17.1 Å². The maximum atomic E-state index is 2.70. The first-order chi connectivity index (χ1) is 31.3. The highest BCUT2D eigenvalue weighted by Gasteiger charge is 2.51. The molecule has 338 valence electrons. The van der Waals surface area contributed by atoms with Gasteiger partial charge in [-0.2, -0.15) is 0 Å². The van der Waals surface area contributed by atoms with Crippen molar-refractivity contribution < 1.29 is 4.57 Å². The van der Waals surface area contributed by atoms with Gasteiger partial charge in [-0.05, 0) is 138 Å². The second-order valence-corrected chi connectivity index (χ2v) is 25.9. The summed E-state index contributed by atoms with van der Waals surface area (Å²) in [4.78, 5) is 8.03. The molecule has 11 rings (SSSR count). The fourth-order valence-corrected chi connectivity index (χ4v) is 12.6. The van der Waals surface area contributed by atoms with E-state index in [1.54, 1.807) is 0 Å². The average Bonchev–Trinajstić information content (AvgIpc) is 3.24. The van der Waals surface area contributed by atoms with Crippen molar-refractivity contribution in [2.24, 2.45) is 7.05 Å². The summed E-state index contributed by atoms with van der Waals surface area (Å²) in [6, 6.07) is 43.4. The largest absolute Gasteiger partial charge is 0.311 e. The number of nitrogens with zero attached hydrogens (tertiary/aromatic N) is 3. The number of fused-ring (bicyclic) bond motifs is 8. The summed E-state index contributed by atoms with van der Waals surface area (Å²) in [5.41, 5.74) is 26.2. The van der Waals surface area contributed by atoms with Crippen molar-refractivity contribution >= 4 is 69.0 Å². The van der Waals surface area contributed by atoms with E-state index in [0.29, 0.717) is 0 Å². The van der Waals surface area contributed by atoms with Crippen LogP contribution in [0.2, 0.25) is 0 Å². The topological polar surface area (TPSA) is 10.4 Å². The summed E-state index contributed by atoms with van der Waals surface area (Å²) in [5, 5.41) is 0. The summed E-state index contributed by atoms with van der Waals surface area (Å²) < 4.78 is 2.32. The van der Waals surface area contributed by atoms with Gasteiger partial charge in [0.1, 0.15) is 7.05 Å². The van der Waals surface area contributed by atoms with E-state index >= 15 is 0 Å². The van der Waals surface area contributed by atoms with Crippen LogP contribution in [-0.4, -0.2) is 6.71 Å². The summed E-state index contributed by atoms with van der Waals surface area (Å²) >= 11 is 1.97. The molecule has 5 heterocycles. The molecule has 0 saturated heterocycles. The van der Waals surface area contributed by atoms with Crippen LogP contribution in [0, 0.1) is 6.92 Å². The molecule has 7 aromatic rings. The van der Waals surface area contributed by atoms with Crippen molar-refractivity contribution in [3.8, 4) is 22.4 Å². The van der Waals surface area contributed by atoms with Crippen molar-refractivity contribution in [1.29, 1.82) is 0 Å². The molecule has 67 heavy (non-hydrogen) atoms. The van der Waals surface area contributed by atoms with E-state index in [0.717, 1.165) is 0 Å². The minimum atomic E-state index is -0.248. The lowest BCUT2D eigenvalue weighted by Crippen LogP contribution is -2.63. The van der Waals surface area contributed by atoms with Crippen molar-refractivity contribution in [1.82, 2.24) is 0 Å². The third-order valence-corrected chi connectivity index (χ3v) is 16.7. The van der Waals surface area contributed by atoms with E-state index < -0.39 is 0 Å². The Kier molecular flexibility index (Phi) is 9.37. The molecule has 6 aromatic carbocycles. The number of aryl methyl sites for hydroxylation is 2. The third kappa shape index (κ3) is 6.64. The molecule has 0 N–H and O–H groups in total. The Labute approximate surface area is 405 Å². The molecule has 4 aliphatic rings. The van der Waals surface area contributed by atoms with Crippen LogP contribution in [0.3, 0.4) is 0 Å². The molecule has 0 radical (unpaired) electrons. The monoisotopic (exact) mass is 897 g/mol. The Morgan fingerprint density at radius 2 is 1.04 bits per heavy atom. The zero-order chi connectivity index (χ0) is 47.7. The molecular formula is C62H67BN3S+. The van der Waals surface area contributed by atoms with Crippen LogP contribution in [0.5, 0.6) is 0 Å². The summed E-state index contributed by atoms with van der Waals surface area (Å²) in [6.07, 6.45) is 2.35. The number of rotatable bonds is 2. The van der Waals surface area contributed by atoms with Crippen molar-refractivity contribution in [2.75, 3.05) is 9.80 Å². The number of hydrogen-bond donors (Lipinski definition) is 0. The second kappa shape index (κ2) is 14.3. The number of benzene rings is 6. The van der Waals surface area contributed by atoms with Gasteiger partial charge in [0.15, 0.2) is 6.20 Å². The Morgan fingerprint density at radius 3 is 1.66 bits per heavy atom. The highest BCUT2D eigenvalue weighted by atomic mass is 32.2. The van der Waals surface area contributed by atoms with Gasteiger partial charge in [-0.3, -0.25) is 0 Å². The molecule has 0 bridgehead atoms. The Balaban J connectivity index is 1.29. The Morgan fingerprint density at radius 1 is 0.507 bits per heavy atom. The third-order valence-electron chi connectivity index (χ3n) is 15.6. The zero-order valence-electron chi connectivity index (χ0n) is 42.8. The highest BCUT2D eigenvalue weighted by Crippen LogP contribution is 2.59. The standard InChI is InChI=1S/C62H67BN3S/c1-36-19-17-18-20-43(36)48-24-21-37(35-64(48)16)38-27-51-55-52(28-38)66-50-26-23-40(59(5,6)7)33-53(50)67-54-34-42(61(11,12)13)32-47(57(54)66)63(55)46-31-41(60(8,9)10)30-45-56(46)65(51)49-25-22-39(58(2,3)4)29-44(49)62(45,14)15/h17-35H,1-16H3/q+1. The van der Waals surface area contributed by atoms with E-state index in [1.807, 2.05) is 11.8 Å². The second-order valence-electron chi connectivity index (χ2n) is 24.8. The van der Waals surface area contributed by atoms with Gasteiger partial charge in [-0.25, -0.2) is 4.57 Å². The number of aromatic nitrogens is 1. The summed E-state index contributed by atoms with van der Waals surface area (Å²) in [7, 11) is 2.20. The van der Waals surface area contributed by atoms with Gasteiger partial charge >= 0.3 is 0 Å². The number of anilines is 6. The van der Waals surface area contributed by atoms with E-state index in [-0.39, 0.29) is 33.8 Å². The van der Waals surface area contributed by atoms with Gasteiger partial charge in [0, 0.05) is 49.5 Å². The van der Waals surface area contributed by atoms with Gasteiger partial charge in [0.25, 0.3) is 6.71 Å². The van der Waals surface area contributed by atoms with E-state index in [4.69, 9.17) is 0 Å². The minimum Gasteiger partial charge on any atom is -0.311 e. The summed E-state index contributed by atoms with van der Waals surface area (Å²) in [5.74, 6) is 0. The van der Waals surface area contributed by atoms with Crippen LogP contribution in [0.15, 0.2) is 125 Å². The summed E-state index contributed by atoms with van der Waals surface area (Å²) in [6.45, 7) is 35.6.